The highest BCUT2D eigenvalue weighted by molar-refractivity contribution is 5.25. The van der Waals surface area contributed by atoms with Gasteiger partial charge in [0.15, 0.2) is 0 Å². The summed E-state index contributed by atoms with van der Waals surface area (Å²) in [6.45, 7) is 4.09. The number of nitrogens with two attached hydrogens (primary N) is 1. The molecule has 2 rings (SSSR count). The van der Waals surface area contributed by atoms with E-state index in [4.69, 9.17) is 5.73 Å². The van der Waals surface area contributed by atoms with Gasteiger partial charge in [0, 0.05) is 6.04 Å². The lowest BCUT2D eigenvalue weighted by molar-refractivity contribution is 0.279. The highest BCUT2D eigenvalue weighted by atomic mass is 15.2. The summed E-state index contributed by atoms with van der Waals surface area (Å²) in [6.07, 6.45) is 1.23. The van der Waals surface area contributed by atoms with Crippen molar-refractivity contribution in [3.05, 3.63) is 35.4 Å². The summed E-state index contributed by atoms with van der Waals surface area (Å²) < 4.78 is 0. The Bertz CT molecular complexity index is 318. The van der Waals surface area contributed by atoms with Crippen molar-refractivity contribution in [2.45, 2.75) is 19.4 Å². The lowest BCUT2D eigenvalue weighted by atomic mass is 9.93. The van der Waals surface area contributed by atoms with Crippen molar-refractivity contribution < 1.29 is 0 Å². The average molecular weight is 204 g/mol. The third kappa shape index (κ3) is 2.06. The lowest BCUT2D eigenvalue weighted by Crippen LogP contribution is -2.25. The van der Waals surface area contributed by atoms with Gasteiger partial charge in [-0.2, -0.15) is 0 Å². The monoisotopic (exact) mass is 204 g/mol. The van der Waals surface area contributed by atoms with Crippen molar-refractivity contribution in [3.63, 3.8) is 0 Å². The molecule has 1 aromatic carbocycles. The van der Waals surface area contributed by atoms with E-state index in [1.54, 1.807) is 0 Å². The van der Waals surface area contributed by atoms with E-state index in [-0.39, 0.29) is 0 Å². The molecule has 0 amide bonds. The Morgan fingerprint density at radius 2 is 2.00 bits per heavy atom. The van der Waals surface area contributed by atoms with Gasteiger partial charge in [-0.05, 0) is 45.0 Å². The van der Waals surface area contributed by atoms with Crippen molar-refractivity contribution in [3.8, 4) is 0 Å². The lowest BCUT2D eigenvalue weighted by Gasteiger charge is -2.24. The zero-order chi connectivity index (χ0) is 10.8. The molecule has 1 heterocycles. The molecular formula is C13H20N2. The van der Waals surface area contributed by atoms with E-state index < -0.39 is 0 Å². The van der Waals surface area contributed by atoms with Crippen molar-refractivity contribution in [1.82, 2.24) is 4.90 Å². The van der Waals surface area contributed by atoms with Crippen LogP contribution in [0.5, 0.6) is 0 Å². The molecule has 2 heteroatoms. The first-order chi connectivity index (χ1) is 7.22. The second-order valence-electron chi connectivity index (χ2n) is 4.62. The molecule has 0 aromatic heterocycles. The predicted octanol–water partition coefficient (Wildman–Crippen LogP) is 1.95. The minimum Gasteiger partial charge on any atom is -0.330 e. The van der Waals surface area contributed by atoms with Crippen molar-refractivity contribution in [2.75, 3.05) is 20.1 Å². The zero-order valence-electron chi connectivity index (χ0n) is 9.61. The van der Waals surface area contributed by atoms with Crippen molar-refractivity contribution >= 4 is 0 Å². The second kappa shape index (κ2) is 4.33. The van der Waals surface area contributed by atoms with Gasteiger partial charge in [-0.1, -0.05) is 29.8 Å². The summed E-state index contributed by atoms with van der Waals surface area (Å²) in [5.41, 5.74) is 8.56. The fraction of sp³-hybridized carbons (Fsp3) is 0.538. The average Bonchev–Trinajstić information content (AvgIpc) is 2.61. The van der Waals surface area contributed by atoms with Gasteiger partial charge >= 0.3 is 0 Å². The Morgan fingerprint density at radius 3 is 2.60 bits per heavy atom. The molecule has 0 saturated carbocycles. The number of nitrogens with zero attached hydrogens (tertiary/aromatic N) is 1. The molecule has 0 spiro atoms. The molecule has 2 N–H and O–H groups in total. The van der Waals surface area contributed by atoms with Crippen LogP contribution in [0.25, 0.3) is 0 Å². The maximum Gasteiger partial charge on any atom is 0.0385 e. The maximum absolute atomic E-state index is 5.83. The van der Waals surface area contributed by atoms with Gasteiger partial charge in [0.2, 0.25) is 0 Å². The Morgan fingerprint density at radius 1 is 1.33 bits per heavy atom. The fourth-order valence-corrected chi connectivity index (χ4v) is 2.56. The topological polar surface area (TPSA) is 29.3 Å². The summed E-state index contributed by atoms with van der Waals surface area (Å²) in [5.74, 6) is 0.623. The maximum atomic E-state index is 5.83. The third-order valence-corrected chi connectivity index (χ3v) is 3.50. The minimum absolute atomic E-state index is 0.524. The summed E-state index contributed by atoms with van der Waals surface area (Å²) in [4.78, 5) is 2.42. The van der Waals surface area contributed by atoms with E-state index in [1.165, 1.54) is 24.1 Å². The predicted molar refractivity (Wildman–Crippen MR) is 63.7 cm³/mol. The van der Waals surface area contributed by atoms with Crippen LogP contribution in [0.15, 0.2) is 24.3 Å². The van der Waals surface area contributed by atoms with Gasteiger partial charge in [0.05, 0.1) is 0 Å². The molecule has 0 aliphatic carbocycles. The molecule has 1 fully saturated rings. The smallest absolute Gasteiger partial charge is 0.0385 e. The molecular weight excluding hydrogens is 184 g/mol. The first-order valence-corrected chi connectivity index (χ1v) is 5.69. The molecule has 1 aliphatic rings. The molecule has 0 bridgehead atoms. The fourth-order valence-electron chi connectivity index (χ4n) is 2.56. The van der Waals surface area contributed by atoms with Crippen molar-refractivity contribution in [2.24, 2.45) is 11.7 Å². The van der Waals surface area contributed by atoms with Crippen LogP contribution in [-0.2, 0) is 0 Å². The van der Waals surface area contributed by atoms with Crippen LogP contribution in [-0.4, -0.2) is 25.0 Å². The van der Waals surface area contributed by atoms with Crippen molar-refractivity contribution in [1.29, 1.82) is 0 Å². The number of hydrogen-bond acceptors (Lipinski definition) is 2. The van der Waals surface area contributed by atoms with Gasteiger partial charge in [-0.3, -0.25) is 4.90 Å². The molecule has 1 aliphatic heterocycles. The number of aryl methyl sites for hydroxylation is 1. The van der Waals surface area contributed by atoms with Crippen LogP contribution in [0.1, 0.15) is 23.6 Å². The standard InChI is InChI=1S/C13H20N2/c1-10-3-5-11(6-4-10)13-12(9-14)7-8-15(13)2/h3-6,12-13H,7-9,14H2,1-2H3. The molecule has 1 aromatic rings. The van der Waals surface area contributed by atoms with Gasteiger partial charge in [-0.15, -0.1) is 0 Å². The normalized spacial score (nSPS) is 27.1. The Labute approximate surface area is 92.1 Å². The highest BCUT2D eigenvalue weighted by Gasteiger charge is 2.31. The minimum atomic E-state index is 0.524. The van der Waals surface area contributed by atoms with E-state index in [9.17, 15) is 0 Å². The Hall–Kier alpha value is -0.860. The number of benzene rings is 1. The van der Waals surface area contributed by atoms with E-state index in [0.29, 0.717) is 12.0 Å². The molecule has 2 unspecified atom stereocenters. The van der Waals surface area contributed by atoms with Crippen LogP contribution in [0.4, 0.5) is 0 Å². The highest BCUT2D eigenvalue weighted by Crippen LogP contribution is 2.35. The van der Waals surface area contributed by atoms with E-state index in [2.05, 4.69) is 43.1 Å². The van der Waals surface area contributed by atoms with Crippen LogP contribution in [0.2, 0.25) is 0 Å². The third-order valence-electron chi connectivity index (χ3n) is 3.50. The number of hydrogen-bond donors (Lipinski definition) is 1. The second-order valence-corrected chi connectivity index (χ2v) is 4.62. The summed E-state index contributed by atoms with van der Waals surface area (Å²) in [7, 11) is 2.19. The summed E-state index contributed by atoms with van der Waals surface area (Å²) in [5, 5.41) is 0. The molecule has 2 atom stereocenters. The first-order valence-electron chi connectivity index (χ1n) is 5.69. The molecule has 0 radical (unpaired) electrons. The van der Waals surface area contributed by atoms with Crippen LogP contribution in [0.3, 0.4) is 0 Å². The van der Waals surface area contributed by atoms with Gasteiger partial charge in [0.1, 0.15) is 0 Å². The Kier molecular flexibility index (Phi) is 3.08. The number of rotatable bonds is 2. The quantitative estimate of drug-likeness (QED) is 0.797. The van der Waals surface area contributed by atoms with E-state index >= 15 is 0 Å². The summed E-state index contributed by atoms with van der Waals surface area (Å²) >= 11 is 0. The zero-order valence-corrected chi connectivity index (χ0v) is 9.61. The van der Waals surface area contributed by atoms with Gasteiger partial charge in [0.25, 0.3) is 0 Å². The van der Waals surface area contributed by atoms with Gasteiger partial charge < -0.3 is 5.73 Å². The van der Waals surface area contributed by atoms with Crippen LogP contribution >= 0.6 is 0 Å². The van der Waals surface area contributed by atoms with Crippen LogP contribution in [0, 0.1) is 12.8 Å². The summed E-state index contributed by atoms with van der Waals surface area (Å²) in [6, 6.07) is 9.38. The molecule has 15 heavy (non-hydrogen) atoms. The first kappa shape index (κ1) is 10.7. The van der Waals surface area contributed by atoms with E-state index in [0.717, 1.165) is 6.54 Å². The van der Waals surface area contributed by atoms with Crippen LogP contribution < -0.4 is 5.73 Å². The molecule has 82 valence electrons. The van der Waals surface area contributed by atoms with Gasteiger partial charge in [-0.25, -0.2) is 0 Å². The molecule has 1 saturated heterocycles. The number of likely N-dealkylation sites (tertiary alicyclic amines) is 1. The molecule has 2 nitrogen and oxygen atoms in total. The Balaban J connectivity index is 2.24. The largest absolute Gasteiger partial charge is 0.330 e. The SMILES string of the molecule is Cc1ccc(C2C(CN)CCN2C)cc1. The van der Waals surface area contributed by atoms with E-state index in [1.807, 2.05) is 0 Å².